The van der Waals surface area contributed by atoms with E-state index in [1.807, 2.05) is 0 Å². The Kier molecular flexibility index (Phi) is 19.1. The van der Waals surface area contributed by atoms with Crippen molar-refractivity contribution in [3.05, 3.63) is 0 Å². The van der Waals surface area contributed by atoms with Gasteiger partial charge in [-0.3, -0.25) is 14.1 Å². The van der Waals surface area contributed by atoms with Gasteiger partial charge in [0.15, 0.2) is 6.10 Å². The Morgan fingerprint density at radius 2 is 1.23 bits per heavy atom. The van der Waals surface area contributed by atoms with E-state index in [0.717, 1.165) is 26.2 Å². The third-order valence-corrected chi connectivity index (χ3v) is 5.41. The van der Waals surface area contributed by atoms with Crippen molar-refractivity contribution in [3.8, 4) is 0 Å². The van der Waals surface area contributed by atoms with Crippen molar-refractivity contribution >= 4 is 19.8 Å². The molecular weight excluding hydrogens is 423 g/mol. The first-order valence-electron chi connectivity index (χ1n) is 11.8. The van der Waals surface area contributed by atoms with Gasteiger partial charge in [-0.15, -0.1) is 0 Å². The van der Waals surface area contributed by atoms with Crippen molar-refractivity contribution in [1.82, 2.24) is 0 Å². The van der Waals surface area contributed by atoms with Crippen LogP contribution in [0.5, 0.6) is 0 Å². The summed E-state index contributed by atoms with van der Waals surface area (Å²) in [5, 5.41) is 0. The van der Waals surface area contributed by atoms with E-state index in [4.69, 9.17) is 19.3 Å². The zero-order valence-corrected chi connectivity index (χ0v) is 20.3. The number of hydrogen-bond acceptors (Lipinski definition) is 6. The lowest BCUT2D eigenvalue weighted by Gasteiger charge is -2.17. The van der Waals surface area contributed by atoms with Crippen LogP contribution in [0.3, 0.4) is 0 Å². The molecule has 8 nitrogen and oxygen atoms in total. The van der Waals surface area contributed by atoms with Crippen LogP contribution in [-0.2, 0) is 28.2 Å². The second-order valence-electron chi connectivity index (χ2n) is 8.05. The number of esters is 2. The van der Waals surface area contributed by atoms with Crippen LogP contribution in [0.25, 0.3) is 0 Å². The van der Waals surface area contributed by atoms with Gasteiger partial charge in [0.2, 0.25) is 0 Å². The fraction of sp³-hybridized carbons (Fsp3) is 0.909. The van der Waals surface area contributed by atoms with Crippen molar-refractivity contribution in [2.24, 2.45) is 0 Å². The van der Waals surface area contributed by atoms with Crippen LogP contribution in [-0.4, -0.2) is 41.0 Å². The SMILES string of the molecule is CCCCCCCCCCCCCCCCC(=O)OC[C@H](COP(=O)(O)O)OC(C)=O. The van der Waals surface area contributed by atoms with Crippen molar-refractivity contribution in [1.29, 1.82) is 0 Å². The summed E-state index contributed by atoms with van der Waals surface area (Å²) in [5.74, 6) is -1.07. The molecule has 0 bridgehead atoms. The molecule has 0 saturated carbocycles. The molecule has 2 N–H and O–H groups in total. The molecule has 0 fully saturated rings. The topological polar surface area (TPSA) is 119 Å². The van der Waals surface area contributed by atoms with E-state index >= 15 is 0 Å². The number of rotatable bonds is 21. The van der Waals surface area contributed by atoms with Crippen molar-refractivity contribution in [2.75, 3.05) is 13.2 Å². The maximum Gasteiger partial charge on any atom is 0.469 e. The first-order valence-corrected chi connectivity index (χ1v) is 13.3. The van der Waals surface area contributed by atoms with E-state index < -0.39 is 32.5 Å². The predicted octanol–water partition coefficient (Wildman–Crippen LogP) is 5.44. The van der Waals surface area contributed by atoms with Crippen LogP contribution in [0.1, 0.15) is 110 Å². The summed E-state index contributed by atoms with van der Waals surface area (Å²) in [4.78, 5) is 40.3. The smallest absolute Gasteiger partial charge is 0.462 e. The highest BCUT2D eigenvalue weighted by atomic mass is 31.2. The Bertz CT molecular complexity index is 506. The highest BCUT2D eigenvalue weighted by Crippen LogP contribution is 2.35. The molecule has 0 heterocycles. The van der Waals surface area contributed by atoms with E-state index in [2.05, 4.69) is 11.4 Å². The minimum atomic E-state index is -4.69. The maximum absolute atomic E-state index is 11.8. The summed E-state index contributed by atoms with van der Waals surface area (Å²) in [6.07, 6.45) is 16.5. The molecule has 0 rings (SSSR count). The third kappa shape index (κ3) is 23.5. The van der Waals surface area contributed by atoms with Crippen molar-refractivity contribution in [3.63, 3.8) is 0 Å². The average Bonchev–Trinajstić information content (AvgIpc) is 2.69. The molecule has 0 aliphatic carbocycles. The molecule has 0 spiro atoms. The Balaban J connectivity index is 3.61. The van der Waals surface area contributed by atoms with Gasteiger partial charge in [-0.25, -0.2) is 4.57 Å². The van der Waals surface area contributed by atoms with Gasteiger partial charge in [0.1, 0.15) is 6.61 Å². The lowest BCUT2D eigenvalue weighted by Crippen LogP contribution is -2.28. The Morgan fingerprint density at radius 1 is 0.774 bits per heavy atom. The third-order valence-electron chi connectivity index (χ3n) is 4.93. The molecule has 0 radical (unpaired) electrons. The fourth-order valence-corrected chi connectivity index (χ4v) is 3.61. The number of phosphoric acid groups is 1. The molecule has 0 aromatic carbocycles. The number of phosphoric ester groups is 1. The number of ether oxygens (including phenoxy) is 2. The quantitative estimate of drug-likeness (QED) is 0.130. The molecule has 31 heavy (non-hydrogen) atoms. The predicted molar refractivity (Wildman–Crippen MR) is 119 cm³/mol. The fourth-order valence-electron chi connectivity index (χ4n) is 3.25. The van der Waals surface area contributed by atoms with E-state index in [-0.39, 0.29) is 13.0 Å². The lowest BCUT2D eigenvalue weighted by molar-refractivity contribution is -0.159. The molecule has 0 aromatic rings. The largest absolute Gasteiger partial charge is 0.469 e. The Hall–Kier alpha value is -0.950. The number of carbonyl (C=O) groups is 2. The van der Waals surface area contributed by atoms with Crippen LogP contribution >= 0.6 is 7.82 Å². The molecule has 9 heteroatoms. The highest BCUT2D eigenvalue weighted by molar-refractivity contribution is 7.46. The molecule has 184 valence electrons. The van der Waals surface area contributed by atoms with Crippen molar-refractivity contribution in [2.45, 2.75) is 116 Å². The van der Waals surface area contributed by atoms with Crippen LogP contribution in [0, 0.1) is 0 Å². The maximum atomic E-state index is 11.8. The Morgan fingerprint density at radius 3 is 1.65 bits per heavy atom. The first-order chi connectivity index (χ1) is 14.7. The van der Waals surface area contributed by atoms with Gasteiger partial charge >= 0.3 is 19.8 Å². The minimum Gasteiger partial charge on any atom is -0.462 e. The van der Waals surface area contributed by atoms with E-state index in [1.54, 1.807) is 0 Å². The molecular formula is C22H43O8P. The van der Waals surface area contributed by atoms with Gasteiger partial charge in [-0.2, -0.15) is 0 Å². The molecule has 0 aliphatic heterocycles. The number of hydrogen-bond donors (Lipinski definition) is 2. The number of carbonyl (C=O) groups excluding carboxylic acids is 2. The van der Waals surface area contributed by atoms with Crippen LogP contribution < -0.4 is 0 Å². The summed E-state index contributed by atoms with van der Waals surface area (Å²) in [7, 11) is -4.69. The van der Waals surface area contributed by atoms with Gasteiger partial charge in [0.25, 0.3) is 0 Å². The molecule has 0 saturated heterocycles. The highest BCUT2D eigenvalue weighted by Gasteiger charge is 2.21. The summed E-state index contributed by atoms with van der Waals surface area (Å²) in [5.41, 5.74) is 0. The Labute approximate surface area is 187 Å². The molecule has 1 atom stereocenters. The summed E-state index contributed by atoms with van der Waals surface area (Å²) in [6.45, 7) is 2.56. The second kappa shape index (κ2) is 19.7. The van der Waals surface area contributed by atoms with Crippen LogP contribution in [0.2, 0.25) is 0 Å². The molecule has 0 amide bonds. The normalized spacial score (nSPS) is 12.5. The van der Waals surface area contributed by atoms with E-state index in [0.29, 0.717) is 0 Å². The van der Waals surface area contributed by atoms with E-state index in [1.165, 1.54) is 70.6 Å². The standard InChI is InChI=1S/C22H43O8P/c1-3-4-5-6-7-8-9-10-11-12-13-14-15-16-17-22(24)28-18-21(30-20(2)23)19-29-31(25,26)27/h21H,3-19H2,1-2H3,(H2,25,26,27)/t21-/m1/s1. The minimum absolute atomic E-state index is 0.268. The lowest BCUT2D eigenvalue weighted by atomic mass is 10.0. The monoisotopic (exact) mass is 466 g/mol. The average molecular weight is 467 g/mol. The summed E-state index contributed by atoms with van der Waals surface area (Å²) >= 11 is 0. The van der Waals surface area contributed by atoms with Gasteiger partial charge in [-0.1, -0.05) is 90.4 Å². The zero-order valence-electron chi connectivity index (χ0n) is 19.4. The zero-order chi connectivity index (χ0) is 23.4. The van der Waals surface area contributed by atoms with Crippen LogP contribution in [0.15, 0.2) is 0 Å². The molecule has 0 unspecified atom stereocenters. The van der Waals surface area contributed by atoms with Gasteiger partial charge in [0, 0.05) is 13.3 Å². The van der Waals surface area contributed by atoms with Gasteiger partial charge < -0.3 is 19.3 Å². The molecule has 0 aromatic heterocycles. The summed E-state index contributed by atoms with van der Waals surface area (Å²) in [6, 6.07) is 0. The van der Waals surface area contributed by atoms with Gasteiger partial charge in [0.05, 0.1) is 6.61 Å². The first kappa shape index (κ1) is 30.0. The number of unbranched alkanes of at least 4 members (excludes halogenated alkanes) is 13. The van der Waals surface area contributed by atoms with Crippen LogP contribution in [0.4, 0.5) is 0 Å². The van der Waals surface area contributed by atoms with Crippen molar-refractivity contribution < 1.29 is 37.9 Å². The molecule has 0 aliphatic rings. The van der Waals surface area contributed by atoms with Gasteiger partial charge in [-0.05, 0) is 6.42 Å². The van der Waals surface area contributed by atoms with E-state index in [9.17, 15) is 14.2 Å². The summed E-state index contributed by atoms with van der Waals surface area (Å²) < 4.78 is 24.9. The second-order valence-corrected chi connectivity index (χ2v) is 9.29.